The maximum atomic E-state index is 11.7. The van der Waals surface area contributed by atoms with Crippen molar-refractivity contribution in [3.05, 3.63) is 0 Å². The Labute approximate surface area is 193 Å². The minimum atomic E-state index is 0. The second kappa shape index (κ2) is 12.9. The first kappa shape index (κ1) is 24.7. The Morgan fingerprint density at radius 1 is 1.10 bits per heavy atom. The molecule has 0 atom stereocenters. The highest BCUT2D eigenvalue weighted by Crippen LogP contribution is 2.34. The van der Waals surface area contributed by atoms with E-state index in [0.29, 0.717) is 5.91 Å². The standard InChI is InChI=1S/C21H39N5O2.HI/c1-2-22-20(23-11-7-13-25-12-6-8-19(25)27)24-18-21(9-4-3-5-10-21)26-14-16-28-17-15-26;/h2-18H2,1H3,(H2,22,23,24);1H. The number of guanidine groups is 1. The monoisotopic (exact) mass is 521 g/mol. The van der Waals surface area contributed by atoms with E-state index in [1.54, 1.807) is 0 Å². The molecule has 0 aromatic heterocycles. The number of amides is 1. The first-order chi connectivity index (χ1) is 13.7. The lowest BCUT2D eigenvalue weighted by Crippen LogP contribution is -2.56. The summed E-state index contributed by atoms with van der Waals surface area (Å²) in [5.41, 5.74) is 0.201. The number of halogens is 1. The zero-order valence-corrected chi connectivity index (χ0v) is 20.4. The SMILES string of the molecule is CCNC(=NCC1(N2CCOCC2)CCCCC1)NCCCN1CCCC1=O.I. The highest BCUT2D eigenvalue weighted by Gasteiger charge is 2.38. The van der Waals surface area contributed by atoms with Crippen molar-refractivity contribution in [1.29, 1.82) is 0 Å². The van der Waals surface area contributed by atoms with Gasteiger partial charge in [0.2, 0.25) is 5.91 Å². The predicted octanol–water partition coefficient (Wildman–Crippen LogP) is 2.21. The molecule has 0 aromatic rings. The van der Waals surface area contributed by atoms with Crippen molar-refractivity contribution >= 4 is 35.8 Å². The highest BCUT2D eigenvalue weighted by atomic mass is 127. The number of morpholine rings is 1. The van der Waals surface area contributed by atoms with Gasteiger partial charge in [-0.1, -0.05) is 19.3 Å². The molecule has 3 aliphatic rings. The third kappa shape index (κ3) is 7.24. The fourth-order valence-corrected chi connectivity index (χ4v) is 4.81. The van der Waals surface area contributed by atoms with Crippen molar-refractivity contribution < 1.29 is 9.53 Å². The zero-order valence-electron chi connectivity index (χ0n) is 18.1. The largest absolute Gasteiger partial charge is 0.379 e. The Morgan fingerprint density at radius 2 is 1.86 bits per heavy atom. The van der Waals surface area contributed by atoms with Crippen LogP contribution in [0.4, 0.5) is 0 Å². The Bertz CT molecular complexity index is 519. The molecule has 0 unspecified atom stereocenters. The number of nitrogens with zero attached hydrogens (tertiary/aromatic N) is 3. The van der Waals surface area contributed by atoms with Crippen LogP contribution < -0.4 is 10.6 Å². The summed E-state index contributed by atoms with van der Waals surface area (Å²) < 4.78 is 5.58. The lowest BCUT2D eigenvalue weighted by molar-refractivity contribution is -0.127. The molecule has 0 radical (unpaired) electrons. The van der Waals surface area contributed by atoms with Crippen LogP contribution in [-0.2, 0) is 9.53 Å². The number of ether oxygens (including phenoxy) is 1. The number of hydrogen-bond donors (Lipinski definition) is 2. The van der Waals surface area contributed by atoms with Crippen LogP contribution in [0.2, 0.25) is 0 Å². The van der Waals surface area contributed by atoms with E-state index in [1.807, 2.05) is 4.90 Å². The first-order valence-electron chi connectivity index (χ1n) is 11.4. The molecule has 0 aromatic carbocycles. The van der Waals surface area contributed by atoms with Crippen molar-refractivity contribution in [3.63, 3.8) is 0 Å². The van der Waals surface area contributed by atoms with Crippen LogP contribution >= 0.6 is 24.0 Å². The Hall–Kier alpha value is -0.610. The summed E-state index contributed by atoms with van der Waals surface area (Å²) in [6, 6.07) is 0. The van der Waals surface area contributed by atoms with Gasteiger partial charge in [0.25, 0.3) is 0 Å². The van der Waals surface area contributed by atoms with Crippen LogP contribution in [0.5, 0.6) is 0 Å². The topological polar surface area (TPSA) is 69.2 Å². The number of likely N-dealkylation sites (tertiary alicyclic amines) is 1. The maximum absolute atomic E-state index is 11.7. The normalized spacial score (nSPS) is 23.0. The molecular formula is C21H40IN5O2. The Kier molecular flexibility index (Phi) is 11.0. The molecule has 2 N–H and O–H groups in total. The summed E-state index contributed by atoms with van der Waals surface area (Å²) >= 11 is 0. The molecule has 8 heteroatoms. The van der Waals surface area contributed by atoms with Crippen molar-refractivity contribution in [2.45, 2.75) is 63.8 Å². The summed E-state index contributed by atoms with van der Waals surface area (Å²) in [6.45, 7) is 10.2. The van der Waals surface area contributed by atoms with Gasteiger partial charge in [-0.2, -0.15) is 0 Å². The van der Waals surface area contributed by atoms with Gasteiger partial charge in [-0.25, -0.2) is 0 Å². The number of carbonyl (C=O) groups excluding carboxylic acids is 1. The van der Waals surface area contributed by atoms with E-state index in [0.717, 1.165) is 84.2 Å². The molecule has 168 valence electrons. The van der Waals surface area contributed by atoms with Gasteiger partial charge in [0.05, 0.1) is 19.8 Å². The number of rotatable bonds is 8. The summed E-state index contributed by atoms with van der Waals surface area (Å²) in [4.78, 5) is 21.4. The summed E-state index contributed by atoms with van der Waals surface area (Å²) in [6.07, 6.45) is 9.15. The number of carbonyl (C=O) groups is 1. The minimum Gasteiger partial charge on any atom is -0.379 e. The average molecular weight is 521 g/mol. The van der Waals surface area contributed by atoms with Crippen LogP contribution in [0.1, 0.15) is 58.3 Å². The molecule has 1 aliphatic carbocycles. The summed E-state index contributed by atoms with van der Waals surface area (Å²) in [7, 11) is 0. The van der Waals surface area contributed by atoms with Crippen LogP contribution in [0.25, 0.3) is 0 Å². The van der Waals surface area contributed by atoms with Crippen molar-refractivity contribution in [3.8, 4) is 0 Å². The second-order valence-corrected chi connectivity index (χ2v) is 8.34. The van der Waals surface area contributed by atoms with Crippen LogP contribution in [0.3, 0.4) is 0 Å². The third-order valence-corrected chi connectivity index (χ3v) is 6.41. The van der Waals surface area contributed by atoms with E-state index < -0.39 is 0 Å². The van der Waals surface area contributed by atoms with Gasteiger partial charge in [-0.15, -0.1) is 24.0 Å². The molecule has 3 fully saturated rings. The molecule has 1 amide bonds. The molecule has 1 saturated carbocycles. The number of nitrogens with one attached hydrogen (secondary N) is 2. The molecule has 3 rings (SSSR count). The lowest BCUT2D eigenvalue weighted by Gasteiger charge is -2.47. The predicted molar refractivity (Wildman–Crippen MR) is 128 cm³/mol. The van der Waals surface area contributed by atoms with E-state index in [1.165, 1.54) is 32.1 Å². The molecule has 2 saturated heterocycles. The molecule has 7 nitrogen and oxygen atoms in total. The van der Waals surface area contributed by atoms with E-state index in [2.05, 4.69) is 22.5 Å². The fourth-order valence-electron chi connectivity index (χ4n) is 4.81. The molecule has 29 heavy (non-hydrogen) atoms. The van der Waals surface area contributed by atoms with Crippen LogP contribution in [0, 0.1) is 0 Å². The number of hydrogen-bond acceptors (Lipinski definition) is 4. The Morgan fingerprint density at radius 3 is 2.52 bits per heavy atom. The van der Waals surface area contributed by atoms with Gasteiger partial charge in [-0.05, 0) is 32.6 Å². The van der Waals surface area contributed by atoms with Crippen molar-refractivity contribution in [2.24, 2.45) is 4.99 Å². The first-order valence-corrected chi connectivity index (χ1v) is 11.4. The van der Waals surface area contributed by atoms with Gasteiger partial charge < -0.3 is 20.3 Å². The maximum Gasteiger partial charge on any atom is 0.222 e. The van der Waals surface area contributed by atoms with Gasteiger partial charge >= 0.3 is 0 Å². The molecule has 0 bridgehead atoms. The highest BCUT2D eigenvalue weighted by molar-refractivity contribution is 14.0. The average Bonchev–Trinajstić information content (AvgIpc) is 3.15. The van der Waals surface area contributed by atoms with E-state index in [4.69, 9.17) is 9.73 Å². The van der Waals surface area contributed by atoms with Gasteiger partial charge in [0, 0.05) is 51.2 Å². The fraction of sp³-hybridized carbons (Fsp3) is 0.905. The van der Waals surface area contributed by atoms with Crippen molar-refractivity contribution in [2.75, 3.05) is 59.0 Å². The van der Waals surface area contributed by atoms with Gasteiger partial charge in [-0.3, -0.25) is 14.7 Å². The van der Waals surface area contributed by atoms with Crippen LogP contribution in [-0.4, -0.2) is 86.2 Å². The summed E-state index contributed by atoms with van der Waals surface area (Å²) in [5.74, 6) is 1.22. The minimum absolute atomic E-state index is 0. The zero-order chi connectivity index (χ0) is 19.7. The Balaban J connectivity index is 0.00000300. The number of aliphatic imine (C=N–C) groups is 1. The van der Waals surface area contributed by atoms with Gasteiger partial charge in [0.1, 0.15) is 0 Å². The van der Waals surface area contributed by atoms with Crippen LogP contribution in [0.15, 0.2) is 4.99 Å². The molecule has 2 heterocycles. The molecule has 2 aliphatic heterocycles. The lowest BCUT2D eigenvalue weighted by atomic mass is 9.80. The quantitative estimate of drug-likeness (QED) is 0.222. The molecular weight excluding hydrogens is 481 g/mol. The van der Waals surface area contributed by atoms with E-state index in [9.17, 15) is 4.79 Å². The summed E-state index contributed by atoms with van der Waals surface area (Å²) in [5, 5.41) is 6.87. The van der Waals surface area contributed by atoms with E-state index in [-0.39, 0.29) is 29.5 Å². The molecule has 0 spiro atoms. The van der Waals surface area contributed by atoms with Gasteiger partial charge in [0.15, 0.2) is 5.96 Å². The second-order valence-electron chi connectivity index (χ2n) is 8.34. The smallest absolute Gasteiger partial charge is 0.222 e. The third-order valence-electron chi connectivity index (χ3n) is 6.41. The van der Waals surface area contributed by atoms with E-state index >= 15 is 0 Å². The van der Waals surface area contributed by atoms with Crippen molar-refractivity contribution in [1.82, 2.24) is 20.4 Å².